The van der Waals surface area contributed by atoms with Gasteiger partial charge in [0.15, 0.2) is 5.78 Å². The van der Waals surface area contributed by atoms with Crippen molar-refractivity contribution in [3.05, 3.63) is 44.6 Å². The third kappa shape index (κ3) is 1.66. The molecule has 16 heavy (non-hydrogen) atoms. The Morgan fingerprint density at radius 1 is 1.25 bits per heavy atom. The van der Waals surface area contributed by atoms with E-state index >= 15 is 0 Å². The molecule has 0 spiro atoms. The van der Waals surface area contributed by atoms with Crippen molar-refractivity contribution in [3.8, 4) is 0 Å². The Labute approximate surface area is 88.6 Å². The van der Waals surface area contributed by atoms with Crippen molar-refractivity contribution in [1.82, 2.24) is 9.97 Å². The number of carbonyl (C=O) groups excluding carboxylic acids is 1. The summed E-state index contributed by atoms with van der Waals surface area (Å²) in [7, 11) is 0. The van der Waals surface area contributed by atoms with Crippen LogP contribution in [0.4, 0.5) is 0 Å². The highest BCUT2D eigenvalue weighted by molar-refractivity contribution is 5.99. The van der Waals surface area contributed by atoms with E-state index in [4.69, 9.17) is 5.11 Å². The molecule has 0 aliphatic heterocycles. The number of rotatable bonds is 2. The zero-order chi connectivity index (χ0) is 11.7. The molecule has 0 amide bonds. The number of aliphatic hydroxyl groups excluding tert-OH is 1. The van der Waals surface area contributed by atoms with Gasteiger partial charge in [-0.25, -0.2) is 4.79 Å². The zero-order valence-electron chi connectivity index (χ0n) is 8.11. The molecular weight excluding hydrogens is 212 g/mol. The number of hydrogen-bond donors (Lipinski definition) is 3. The molecule has 2 rings (SSSR count). The minimum atomic E-state index is -0.633. The van der Waals surface area contributed by atoms with Crippen LogP contribution in [0.15, 0.2) is 27.8 Å². The van der Waals surface area contributed by atoms with E-state index in [0.29, 0.717) is 0 Å². The number of ketones is 1. The van der Waals surface area contributed by atoms with Crippen LogP contribution >= 0.6 is 0 Å². The molecule has 0 saturated carbocycles. The van der Waals surface area contributed by atoms with E-state index < -0.39 is 23.6 Å². The van der Waals surface area contributed by atoms with Gasteiger partial charge in [-0.1, -0.05) is 6.07 Å². The zero-order valence-corrected chi connectivity index (χ0v) is 8.11. The molecule has 0 aliphatic rings. The second-order valence-electron chi connectivity index (χ2n) is 3.25. The van der Waals surface area contributed by atoms with Crippen molar-refractivity contribution in [3.63, 3.8) is 0 Å². The van der Waals surface area contributed by atoms with Gasteiger partial charge >= 0.3 is 5.69 Å². The molecule has 0 fully saturated rings. The molecule has 6 nitrogen and oxygen atoms in total. The molecule has 0 unspecified atom stereocenters. The molecule has 1 aromatic carbocycles. The summed E-state index contributed by atoms with van der Waals surface area (Å²) in [6, 6.07) is 4.21. The average Bonchev–Trinajstić information content (AvgIpc) is 2.27. The molecule has 2 aromatic rings. The second kappa shape index (κ2) is 3.74. The van der Waals surface area contributed by atoms with Crippen LogP contribution in [0, 0.1) is 0 Å². The second-order valence-corrected chi connectivity index (χ2v) is 3.25. The fourth-order valence-electron chi connectivity index (χ4n) is 1.43. The summed E-state index contributed by atoms with van der Waals surface area (Å²) in [5.41, 5.74) is -0.628. The topological polar surface area (TPSA) is 103 Å². The Hall–Kier alpha value is -2.21. The average molecular weight is 220 g/mol. The lowest BCUT2D eigenvalue weighted by Crippen LogP contribution is -2.22. The first-order valence-electron chi connectivity index (χ1n) is 4.52. The largest absolute Gasteiger partial charge is 0.388 e. The third-order valence-electron chi connectivity index (χ3n) is 2.21. The number of aromatic amines is 2. The fourth-order valence-corrected chi connectivity index (χ4v) is 1.43. The van der Waals surface area contributed by atoms with E-state index in [1.807, 2.05) is 0 Å². The number of fused-ring (bicyclic) bond motifs is 1. The smallest absolute Gasteiger partial charge is 0.326 e. The van der Waals surface area contributed by atoms with E-state index in [2.05, 4.69) is 9.97 Å². The van der Waals surface area contributed by atoms with Crippen LogP contribution in [0.25, 0.3) is 10.9 Å². The fraction of sp³-hybridized carbons (Fsp3) is 0.100. The highest BCUT2D eigenvalue weighted by Crippen LogP contribution is 2.08. The lowest BCUT2D eigenvalue weighted by Gasteiger charge is -1.99. The number of aliphatic hydroxyl groups is 1. The summed E-state index contributed by atoms with van der Waals surface area (Å²) < 4.78 is 0. The molecule has 0 aliphatic carbocycles. The monoisotopic (exact) mass is 220 g/mol. The van der Waals surface area contributed by atoms with Crippen LogP contribution < -0.4 is 11.2 Å². The quantitative estimate of drug-likeness (QED) is 0.587. The van der Waals surface area contributed by atoms with Gasteiger partial charge < -0.3 is 10.1 Å². The van der Waals surface area contributed by atoms with E-state index in [1.54, 1.807) is 0 Å². The van der Waals surface area contributed by atoms with Crippen molar-refractivity contribution >= 4 is 16.7 Å². The van der Waals surface area contributed by atoms with Gasteiger partial charge in [-0.3, -0.25) is 14.6 Å². The van der Waals surface area contributed by atoms with E-state index in [-0.39, 0.29) is 16.5 Å². The molecule has 3 N–H and O–H groups in total. The molecule has 6 heteroatoms. The number of aromatic nitrogens is 2. The molecule has 0 radical (unpaired) electrons. The highest BCUT2D eigenvalue weighted by Gasteiger charge is 2.07. The first-order valence-corrected chi connectivity index (χ1v) is 4.52. The third-order valence-corrected chi connectivity index (χ3v) is 2.21. The van der Waals surface area contributed by atoms with Gasteiger partial charge in [0.1, 0.15) is 6.61 Å². The summed E-state index contributed by atoms with van der Waals surface area (Å²) in [5.74, 6) is -0.469. The number of nitrogens with one attached hydrogen (secondary N) is 2. The Balaban J connectivity index is 2.76. The summed E-state index contributed by atoms with van der Waals surface area (Å²) in [4.78, 5) is 38.0. The minimum absolute atomic E-state index is 0.247. The van der Waals surface area contributed by atoms with Gasteiger partial charge in [0, 0.05) is 5.56 Å². The van der Waals surface area contributed by atoms with E-state index in [1.165, 1.54) is 18.2 Å². The summed E-state index contributed by atoms with van der Waals surface area (Å²) in [5, 5.41) is 8.97. The molecule has 0 bridgehead atoms. The van der Waals surface area contributed by atoms with E-state index in [0.717, 1.165) is 0 Å². The maximum absolute atomic E-state index is 11.3. The van der Waals surface area contributed by atoms with Crippen molar-refractivity contribution in [2.45, 2.75) is 0 Å². The van der Waals surface area contributed by atoms with Crippen LogP contribution in [0.3, 0.4) is 0 Å². The normalized spacial score (nSPS) is 10.6. The summed E-state index contributed by atoms with van der Waals surface area (Å²) >= 11 is 0. The molecule has 0 saturated heterocycles. The van der Waals surface area contributed by atoms with Crippen LogP contribution in [-0.4, -0.2) is 27.5 Å². The van der Waals surface area contributed by atoms with Crippen molar-refractivity contribution in [2.75, 3.05) is 6.61 Å². The number of hydrogen-bond acceptors (Lipinski definition) is 4. The number of Topliss-reactive ketones (excluding diaryl/α,β-unsaturated/α-hetero) is 1. The van der Waals surface area contributed by atoms with Crippen LogP contribution in [-0.2, 0) is 0 Å². The lowest BCUT2D eigenvalue weighted by atomic mass is 10.1. The first kappa shape index (κ1) is 10.3. The summed E-state index contributed by atoms with van der Waals surface area (Å²) in [6.07, 6.45) is 0. The number of benzene rings is 1. The molecule has 1 aromatic heterocycles. The molecule has 82 valence electrons. The van der Waals surface area contributed by atoms with Gasteiger partial charge in [0.05, 0.1) is 10.9 Å². The molecule has 0 atom stereocenters. The SMILES string of the molecule is O=C(CO)c1ccc2c(=O)[nH]c(=O)[nH]c2c1. The maximum Gasteiger partial charge on any atom is 0.326 e. The standard InChI is InChI=1S/C10H8N2O4/c13-4-8(14)5-1-2-6-7(3-5)11-10(16)12-9(6)15/h1-3,13H,4H2,(H2,11,12,15,16). The summed E-state index contributed by atoms with van der Waals surface area (Å²) in [6.45, 7) is -0.612. The Morgan fingerprint density at radius 3 is 2.69 bits per heavy atom. The Kier molecular flexibility index (Phi) is 2.41. The predicted octanol–water partition coefficient (Wildman–Crippen LogP) is -0.609. The van der Waals surface area contributed by atoms with Gasteiger partial charge in [-0.2, -0.15) is 0 Å². The van der Waals surface area contributed by atoms with Crippen molar-refractivity contribution in [2.24, 2.45) is 0 Å². The molecule has 1 heterocycles. The Morgan fingerprint density at radius 2 is 2.00 bits per heavy atom. The first-order chi connectivity index (χ1) is 7.61. The maximum atomic E-state index is 11.3. The van der Waals surface area contributed by atoms with E-state index in [9.17, 15) is 14.4 Å². The van der Waals surface area contributed by atoms with Crippen molar-refractivity contribution in [1.29, 1.82) is 0 Å². The number of carbonyl (C=O) groups is 1. The van der Waals surface area contributed by atoms with Gasteiger partial charge in [-0.15, -0.1) is 0 Å². The highest BCUT2D eigenvalue weighted by atomic mass is 16.3. The van der Waals surface area contributed by atoms with Crippen LogP contribution in [0.1, 0.15) is 10.4 Å². The minimum Gasteiger partial charge on any atom is -0.388 e. The van der Waals surface area contributed by atoms with Crippen LogP contribution in [0.5, 0.6) is 0 Å². The Bertz CT molecular complexity index is 668. The van der Waals surface area contributed by atoms with Crippen molar-refractivity contribution < 1.29 is 9.90 Å². The predicted molar refractivity (Wildman–Crippen MR) is 56.6 cm³/mol. The molecular formula is C10H8N2O4. The van der Waals surface area contributed by atoms with Gasteiger partial charge in [-0.05, 0) is 12.1 Å². The van der Waals surface area contributed by atoms with Gasteiger partial charge in [0.2, 0.25) is 0 Å². The van der Waals surface area contributed by atoms with Gasteiger partial charge in [0.25, 0.3) is 5.56 Å². The van der Waals surface area contributed by atoms with Crippen LogP contribution in [0.2, 0.25) is 0 Å². The number of H-pyrrole nitrogens is 2. The lowest BCUT2D eigenvalue weighted by molar-refractivity contribution is 0.0904.